The fourth-order valence-corrected chi connectivity index (χ4v) is 11.3. The average molecular weight is 854 g/mol. The van der Waals surface area contributed by atoms with E-state index in [1.54, 1.807) is 14.2 Å². The normalized spacial score (nSPS) is 26.7. The van der Waals surface area contributed by atoms with Crippen molar-refractivity contribution < 1.29 is 60.7 Å². The number of methoxy groups -OCH3 is 2. The fraction of sp³-hybridized carbons (Fsp3) is 0.465. The summed E-state index contributed by atoms with van der Waals surface area (Å²) in [7, 11) is 5.24. The number of piperazine rings is 1. The number of fused-ring (bicyclic) bond motifs is 7. The molecular formula is C43H46F3N3O10S. The van der Waals surface area contributed by atoms with E-state index in [0.717, 1.165) is 28.8 Å². The Balaban J connectivity index is 1.26. The first-order valence-electron chi connectivity index (χ1n) is 19.5. The molecule has 7 aliphatic rings. The molecular weight excluding hydrogens is 808 g/mol. The van der Waals surface area contributed by atoms with Gasteiger partial charge in [0.15, 0.2) is 29.8 Å². The number of halogens is 3. The van der Waals surface area contributed by atoms with E-state index in [-0.39, 0.29) is 38.0 Å². The third-order valence-electron chi connectivity index (χ3n) is 11.9. The highest BCUT2D eigenvalue weighted by Crippen LogP contribution is 2.65. The summed E-state index contributed by atoms with van der Waals surface area (Å²) in [5.41, 5.74) is 3.88. The third kappa shape index (κ3) is 7.12. The van der Waals surface area contributed by atoms with Crippen LogP contribution in [-0.2, 0) is 36.5 Å². The summed E-state index contributed by atoms with van der Waals surface area (Å²) >= 11 is 1.42. The first-order valence-corrected chi connectivity index (χ1v) is 20.5. The number of aryl methyl sites for hydroxylation is 1. The van der Waals surface area contributed by atoms with E-state index in [0.29, 0.717) is 64.0 Å². The van der Waals surface area contributed by atoms with Gasteiger partial charge in [0, 0.05) is 66.2 Å². The van der Waals surface area contributed by atoms with Gasteiger partial charge in [-0.05, 0) is 69.1 Å². The Bertz CT molecular complexity index is 2270. The summed E-state index contributed by atoms with van der Waals surface area (Å²) in [5.74, 6) is 0.637. The first kappa shape index (κ1) is 41.8. The molecule has 10 rings (SSSR count). The van der Waals surface area contributed by atoms with Crippen LogP contribution in [0.3, 0.4) is 0 Å². The summed E-state index contributed by atoms with van der Waals surface area (Å²) in [5, 5.41) is 2.25. The second kappa shape index (κ2) is 15.8. The highest BCUT2D eigenvalue weighted by molar-refractivity contribution is 7.99. The number of nitrogens with zero attached hydrogens (tertiary/aromatic N) is 2. The number of likely N-dealkylation sites (N-methyl/N-ethyl adjacent to an activating group) is 1. The fourth-order valence-electron chi connectivity index (χ4n) is 9.83. The number of hydrogen-bond acceptors (Lipinski definition) is 13. The number of rotatable bonds is 8. The van der Waals surface area contributed by atoms with Gasteiger partial charge < -0.3 is 38.5 Å². The van der Waals surface area contributed by atoms with Crippen molar-refractivity contribution >= 4 is 35.7 Å². The van der Waals surface area contributed by atoms with E-state index < -0.39 is 52.5 Å². The maximum absolute atomic E-state index is 14.0. The van der Waals surface area contributed by atoms with E-state index in [2.05, 4.69) is 35.2 Å². The maximum Gasteiger partial charge on any atom is 0.416 e. The van der Waals surface area contributed by atoms with Gasteiger partial charge in [0.2, 0.25) is 12.7 Å². The maximum atomic E-state index is 14.0. The molecule has 0 spiro atoms. The molecule has 2 fully saturated rings. The van der Waals surface area contributed by atoms with Gasteiger partial charge in [-0.25, -0.2) is 4.79 Å². The Hall–Kier alpha value is -4.97. The summed E-state index contributed by atoms with van der Waals surface area (Å²) < 4.78 is 81.8. The quantitative estimate of drug-likeness (QED) is 0.119. The SMILES string of the molecule is COCOc1c(OC)c(C)cc2c1[C@@H]1C3[C@@H]4SC[C@H](NC(=O)/C=C/c5ccc(C(F)(F)F)cc5)C(=O)OCC(c5c6c(c(C)c(OC(C)=O)c54)OCO6)N3[C@@](C)(C2)CN1C. The van der Waals surface area contributed by atoms with Crippen LogP contribution in [0.25, 0.3) is 6.08 Å². The van der Waals surface area contributed by atoms with Crippen molar-refractivity contribution in [3.8, 4) is 28.7 Å². The van der Waals surface area contributed by atoms with Crippen molar-refractivity contribution in [3.63, 3.8) is 0 Å². The Labute approximate surface area is 349 Å². The van der Waals surface area contributed by atoms with Crippen LogP contribution in [0.2, 0.25) is 0 Å². The molecule has 13 nitrogen and oxygen atoms in total. The van der Waals surface area contributed by atoms with Crippen LogP contribution in [0.5, 0.6) is 28.7 Å². The monoisotopic (exact) mass is 853 g/mol. The molecule has 2 saturated heterocycles. The Morgan fingerprint density at radius 1 is 1.03 bits per heavy atom. The lowest BCUT2D eigenvalue weighted by Gasteiger charge is -2.61. The van der Waals surface area contributed by atoms with Crippen molar-refractivity contribution in [2.24, 2.45) is 0 Å². The van der Waals surface area contributed by atoms with Crippen LogP contribution in [0, 0.1) is 13.8 Å². The highest BCUT2D eigenvalue weighted by atomic mass is 32.2. The number of benzene rings is 3. The molecule has 0 radical (unpaired) electrons. The van der Waals surface area contributed by atoms with Crippen LogP contribution in [0.1, 0.15) is 75.7 Å². The molecule has 1 amide bonds. The Morgan fingerprint density at radius 2 is 1.77 bits per heavy atom. The van der Waals surface area contributed by atoms with Crippen molar-refractivity contribution in [2.45, 2.75) is 75.2 Å². The summed E-state index contributed by atoms with van der Waals surface area (Å²) in [6.45, 7) is 7.73. The number of thioether (sulfide) groups is 1. The second-order valence-electron chi connectivity index (χ2n) is 16.0. The zero-order valence-electron chi connectivity index (χ0n) is 34.2. The molecule has 3 aromatic rings. The van der Waals surface area contributed by atoms with Crippen LogP contribution in [0.4, 0.5) is 13.2 Å². The molecule has 60 heavy (non-hydrogen) atoms. The predicted octanol–water partition coefficient (Wildman–Crippen LogP) is 6.22. The lowest BCUT2D eigenvalue weighted by molar-refractivity contribution is -0.154. The number of carbonyl (C=O) groups is 3. The molecule has 7 heterocycles. The minimum atomic E-state index is -4.50. The minimum absolute atomic E-state index is 0.0259. The van der Waals surface area contributed by atoms with E-state index in [4.69, 9.17) is 33.2 Å². The molecule has 4 bridgehead atoms. The summed E-state index contributed by atoms with van der Waals surface area (Å²) in [4.78, 5) is 45.1. The standard InChI is InChI=1S/C43H46F3N3O10S/c1-21-14-25-15-42(4)18-48(5)33(30(25)38(35(21)54-7)56-19-53-6)34-40-32-31(39-37(57-20-58-39)22(2)36(32)59-23(3)50)28(49(34)42)16-55-41(52)27(17-60-40)47-29(51)13-10-24-8-11-26(12-9-24)43(44,45)46/h8-14,27-28,33-34,40H,15-20H2,1-7H3,(H,47,51)/b13-10+/t27-,28?,33+,34?,40+,42-/m0/s1. The van der Waals surface area contributed by atoms with Crippen molar-refractivity contribution in [1.82, 2.24) is 15.1 Å². The zero-order chi connectivity index (χ0) is 42.8. The molecule has 1 N–H and O–H groups in total. The van der Waals surface area contributed by atoms with Gasteiger partial charge in [0.05, 0.1) is 30.0 Å². The Morgan fingerprint density at radius 3 is 2.45 bits per heavy atom. The van der Waals surface area contributed by atoms with Gasteiger partial charge >= 0.3 is 18.1 Å². The molecule has 3 aromatic carbocycles. The molecule has 7 aliphatic heterocycles. The van der Waals surface area contributed by atoms with Gasteiger partial charge in [-0.15, -0.1) is 11.8 Å². The number of esters is 2. The topological polar surface area (TPSA) is 134 Å². The van der Waals surface area contributed by atoms with Crippen molar-refractivity contribution in [2.75, 3.05) is 53.8 Å². The molecule has 3 unspecified atom stereocenters. The third-order valence-corrected chi connectivity index (χ3v) is 13.3. The van der Waals surface area contributed by atoms with Crippen LogP contribution in [0.15, 0.2) is 36.4 Å². The van der Waals surface area contributed by atoms with Crippen LogP contribution < -0.4 is 29.0 Å². The molecule has 7 atom stereocenters. The Kier molecular flexibility index (Phi) is 11.0. The predicted molar refractivity (Wildman–Crippen MR) is 213 cm³/mol. The molecule has 0 aliphatic carbocycles. The number of ether oxygens (including phenoxy) is 7. The lowest BCUT2D eigenvalue weighted by atomic mass is 9.76. The second-order valence-corrected chi connectivity index (χ2v) is 17.1. The summed E-state index contributed by atoms with van der Waals surface area (Å²) in [6.07, 6.45) is -1.37. The average Bonchev–Trinajstić information content (AvgIpc) is 3.61. The zero-order valence-corrected chi connectivity index (χ0v) is 35.0. The van der Waals surface area contributed by atoms with Crippen molar-refractivity contribution in [1.29, 1.82) is 0 Å². The van der Waals surface area contributed by atoms with E-state index >= 15 is 0 Å². The van der Waals surface area contributed by atoms with Gasteiger partial charge in [-0.1, -0.05) is 18.2 Å². The van der Waals surface area contributed by atoms with Gasteiger partial charge in [0.1, 0.15) is 18.4 Å². The van der Waals surface area contributed by atoms with Gasteiger partial charge in [-0.3, -0.25) is 19.4 Å². The summed E-state index contributed by atoms with van der Waals surface area (Å²) in [6, 6.07) is 4.03. The number of alkyl halides is 3. The van der Waals surface area contributed by atoms with Crippen LogP contribution in [-0.4, -0.2) is 99.0 Å². The van der Waals surface area contributed by atoms with Gasteiger partial charge in [-0.2, -0.15) is 13.2 Å². The molecule has 0 aromatic heterocycles. The van der Waals surface area contributed by atoms with E-state index in [1.807, 2.05) is 13.8 Å². The molecule has 320 valence electrons. The lowest BCUT2D eigenvalue weighted by Crippen LogP contribution is -2.68. The van der Waals surface area contributed by atoms with E-state index in [1.165, 1.54) is 43.0 Å². The van der Waals surface area contributed by atoms with Gasteiger partial charge in [0.25, 0.3) is 0 Å². The smallest absolute Gasteiger partial charge is 0.416 e. The van der Waals surface area contributed by atoms with Crippen molar-refractivity contribution in [3.05, 3.63) is 80.9 Å². The first-order chi connectivity index (χ1) is 28.6. The number of nitrogens with one attached hydrogen (secondary N) is 1. The number of hydrogen-bond donors (Lipinski definition) is 1. The number of carbonyl (C=O) groups excluding carboxylic acids is 3. The van der Waals surface area contributed by atoms with Crippen LogP contribution >= 0.6 is 11.8 Å². The van der Waals surface area contributed by atoms with E-state index in [9.17, 15) is 27.6 Å². The minimum Gasteiger partial charge on any atom is -0.493 e. The largest absolute Gasteiger partial charge is 0.493 e. The number of amides is 1. The molecule has 0 saturated carbocycles. The highest BCUT2D eigenvalue weighted by Gasteiger charge is 2.61. The molecule has 17 heteroatoms.